The van der Waals surface area contributed by atoms with Gasteiger partial charge in [0, 0.05) is 29.1 Å². The zero-order valence-corrected chi connectivity index (χ0v) is 14.6. The van der Waals surface area contributed by atoms with E-state index in [1.807, 2.05) is 54.0 Å². The van der Waals surface area contributed by atoms with Crippen molar-refractivity contribution in [2.45, 2.75) is 12.3 Å². The quantitative estimate of drug-likeness (QED) is 0.701. The van der Waals surface area contributed by atoms with E-state index in [9.17, 15) is 4.79 Å². The Balaban J connectivity index is 1.42. The fraction of sp³-hybridized carbons (Fsp3) is 0.167. The molecule has 0 unspecified atom stereocenters. The number of amides is 1. The van der Waals surface area contributed by atoms with E-state index in [1.165, 1.54) is 0 Å². The molecule has 0 aliphatic carbocycles. The molecule has 0 spiro atoms. The van der Waals surface area contributed by atoms with Gasteiger partial charge in [-0.15, -0.1) is 23.1 Å². The van der Waals surface area contributed by atoms with Gasteiger partial charge in [-0.2, -0.15) is 0 Å². The number of nitrogens with one attached hydrogen (secondary N) is 1. The van der Waals surface area contributed by atoms with Crippen molar-refractivity contribution in [3.63, 3.8) is 0 Å². The second-order valence-electron chi connectivity index (χ2n) is 5.12. The fourth-order valence-electron chi connectivity index (χ4n) is 2.10. The summed E-state index contributed by atoms with van der Waals surface area (Å²) < 4.78 is 0. The van der Waals surface area contributed by atoms with E-state index in [0.29, 0.717) is 12.3 Å². The number of thioether (sulfide) groups is 1. The summed E-state index contributed by atoms with van der Waals surface area (Å²) in [5.74, 6) is 1.25. The Bertz CT molecular complexity index is 775. The highest BCUT2D eigenvalue weighted by Crippen LogP contribution is 2.21. The summed E-state index contributed by atoms with van der Waals surface area (Å²) in [6, 6.07) is 14.0. The van der Waals surface area contributed by atoms with Gasteiger partial charge >= 0.3 is 0 Å². The Kier molecular flexibility index (Phi) is 5.98. The van der Waals surface area contributed by atoms with Crippen LogP contribution in [0.2, 0.25) is 0 Å². The maximum atomic E-state index is 11.9. The van der Waals surface area contributed by atoms with Crippen LogP contribution in [0, 0.1) is 0 Å². The Morgan fingerprint density at radius 1 is 1.17 bits per heavy atom. The number of carbonyl (C=O) groups is 1. The average molecular weight is 355 g/mol. The van der Waals surface area contributed by atoms with Crippen molar-refractivity contribution >= 4 is 29.0 Å². The molecule has 0 aliphatic heterocycles. The van der Waals surface area contributed by atoms with E-state index in [0.717, 1.165) is 27.6 Å². The van der Waals surface area contributed by atoms with Gasteiger partial charge in [0.05, 0.1) is 18.0 Å². The van der Waals surface area contributed by atoms with Crippen molar-refractivity contribution in [1.82, 2.24) is 15.3 Å². The number of hydrogen-bond donors (Lipinski definition) is 1. The summed E-state index contributed by atoms with van der Waals surface area (Å²) >= 11 is 3.15. The molecule has 4 nitrogen and oxygen atoms in total. The summed E-state index contributed by atoms with van der Waals surface area (Å²) in [5, 5.41) is 5.86. The van der Waals surface area contributed by atoms with Gasteiger partial charge in [-0.1, -0.05) is 36.4 Å². The van der Waals surface area contributed by atoms with Crippen molar-refractivity contribution in [1.29, 1.82) is 0 Å². The highest BCUT2D eigenvalue weighted by atomic mass is 32.2. The Labute approximate surface area is 149 Å². The maximum absolute atomic E-state index is 11.9. The topological polar surface area (TPSA) is 54.9 Å². The van der Waals surface area contributed by atoms with E-state index >= 15 is 0 Å². The molecule has 0 fully saturated rings. The van der Waals surface area contributed by atoms with E-state index < -0.39 is 0 Å². The van der Waals surface area contributed by atoms with Gasteiger partial charge in [-0.3, -0.25) is 9.78 Å². The second-order valence-corrected chi connectivity index (χ2v) is 7.05. The number of carbonyl (C=O) groups excluding carboxylic acids is 1. The Hall–Kier alpha value is -2.18. The molecule has 0 saturated carbocycles. The van der Waals surface area contributed by atoms with Gasteiger partial charge in [0.2, 0.25) is 5.91 Å². The minimum atomic E-state index is 0.0281. The minimum Gasteiger partial charge on any atom is -0.349 e. The monoisotopic (exact) mass is 355 g/mol. The van der Waals surface area contributed by atoms with Gasteiger partial charge in [-0.25, -0.2) is 4.98 Å². The van der Waals surface area contributed by atoms with Crippen LogP contribution in [0.25, 0.3) is 11.3 Å². The fourth-order valence-corrected chi connectivity index (χ4v) is 3.64. The Morgan fingerprint density at radius 3 is 2.83 bits per heavy atom. The van der Waals surface area contributed by atoms with E-state index in [-0.39, 0.29) is 5.91 Å². The van der Waals surface area contributed by atoms with Crippen LogP contribution in [-0.2, 0) is 17.1 Å². The highest BCUT2D eigenvalue weighted by molar-refractivity contribution is 7.99. The normalized spacial score (nSPS) is 10.5. The molecule has 0 aliphatic rings. The standard InChI is InChI=1S/C18H17N3OS2/c22-17(13-23-11-14-5-4-8-19-9-14)20-10-18-21-16(12-24-18)15-6-2-1-3-7-15/h1-9,12H,10-11,13H2,(H,20,22). The van der Waals surface area contributed by atoms with Crippen molar-refractivity contribution in [2.75, 3.05) is 5.75 Å². The smallest absolute Gasteiger partial charge is 0.230 e. The number of thiazole rings is 1. The molecular weight excluding hydrogens is 338 g/mol. The first-order valence-electron chi connectivity index (χ1n) is 7.54. The molecule has 1 N–H and O–H groups in total. The molecule has 2 heterocycles. The third-order valence-corrected chi connectivity index (χ3v) is 5.14. The summed E-state index contributed by atoms with van der Waals surface area (Å²) in [4.78, 5) is 20.5. The lowest BCUT2D eigenvalue weighted by Crippen LogP contribution is -2.24. The molecule has 1 amide bonds. The summed E-state index contributed by atoms with van der Waals surface area (Å²) in [7, 11) is 0. The maximum Gasteiger partial charge on any atom is 0.230 e. The lowest BCUT2D eigenvalue weighted by molar-refractivity contribution is -0.118. The first-order valence-corrected chi connectivity index (χ1v) is 9.58. The van der Waals surface area contributed by atoms with Gasteiger partial charge in [-0.05, 0) is 11.6 Å². The molecule has 2 aromatic heterocycles. The van der Waals surface area contributed by atoms with E-state index in [4.69, 9.17) is 0 Å². The number of pyridine rings is 1. The van der Waals surface area contributed by atoms with Crippen LogP contribution in [0.1, 0.15) is 10.6 Å². The first kappa shape index (κ1) is 16.7. The third-order valence-electron chi connectivity index (χ3n) is 3.28. The van der Waals surface area contributed by atoms with Crippen LogP contribution in [0.4, 0.5) is 0 Å². The van der Waals surface area contributed by atoms with E-state index in [1.54, 1.807) is 29.3 Å². The molecule has 24 heavy (non-hydrogen) atoms. The van der Waals surface area contributed by atoms with Crippen LogP contribution >= 0.6 is 23.1 Å². The number of hydrogen-bond acceptors (Lipinski definition) is 5. The summed E-state index contributed by atoms with van der Waals surface area (Å²) in [5.41, 5.74) is 3.18. The molecule has 0 saturated heterocycles. The second kappa shape index (κ2) is 8.61. The highest BCUT2D eigenvalue weighted by Gasteiger charge is 2.06. The predicted molar refractivity (Wildman–Crippen MR) is 99.8 cm³/mol. The lowest BCUT2D eigenvalue weighted by Gasteiger charge is -2.03. The number of aromatic nitrogens is 2. The Morgan fingerprint density at radius 2 is 2.04 bits per heavy atom. The summed E-state index contributed by atoms with van der Waals surface area (Å²) in [6.45, 7) is 0.476. The SMILES string of the molecule is O=C(CSCc1cccnc1)NCc1nc(-c2ccccc2)cs1. The zero-order valence-electron chi connectivity index (χ0n) is 13.0. The number of nitrogens with zero attached hydrogens (tertiary/aromatic N) is 2. The van der Waals surface area contributed by atoms with Gasteiger partial charge in [0.1, 0.15) is 5.01 Å². The van der Waals surface area contributed by atoms with Crippen LogP contribution in [0.3, 0.4) is 0 Å². The number of rotatable bonds is 7. The first-order chi connectivity index (χ1) is 11.8. The molecule has 0 bridgehead atoms. The van der Waals surface area contributed by atoms with Gasteiger partial charge in [0.15, 0.2) is 0 Å². The molecular formula is C18H17N3OS2. The average Bonchev–Trinajstić information content (AvgIpc) is 3.11. The van der Waals surface area contributed by atoms with Crippen LogP contribution in [0.15, 0.2) is 60.2 Å². The number of benzene rings is 1. The van der Waals surface area contributed by atoms with Crippen molar-refractivity contribution in [3.05, 3.63) is 70.8 Å². The third kappa shape index (κ3) is 4.91. The van der Waals surface area contributed by atoms with Gasteiger partial charge in [0.25, 0.3) is 0 Å². The van der Waals surface area contributed by atoms with Crippen molar-refractivity contribution in [3.8, 4) is 11.3 Å². The van der Waals surface area contributed by atoms with Crippen LogP contribution in [0.5, 0.6) is 0 Å². The molecule has 3 aromatic rings. The molecule has 0 radical (unpaired) electrons. The molecule has 122 valence electrons. The predicted octanol–water partition coefficient (Wildman–Crippen LogP) is 3.75. The molecule has 3 rings (SSSR count). The van der Waals surface area contributed by atoms with Gasteiger partial charge < -0.3 is 5.32 Å². The van der Waals surface area contributed by atoms with Crippen molar-refractivity contribution < 1.29 is 4.79 Å². The zero-order chi connectivity index (χ0) is 16.6. The lowest BCUT2D eigenvalue weighted by atomic mass is 10.2. The van der Waals surface area contributed by atoms with E-state index in [2.05, 4.69) is 15.3 Å². The largest absolute Gasteiger partial charge is 0.349 e. The van der Waals surface area contributed by atoms with Crippen molar-refractivity contribution in [2.24, 2.45) is 0 Å². The summed E-state index contributed by atoms with van der Waals surface area (Å²) in [6.07, 6.45) is 3.57. The molecule has 6 heteroatoms. The molecule has 0 atom stereocenters. The van der Waals surface area contributed by atoms with Crippen LogP contribution in [-0.4, -0.2) is 21.6 Å². The minimum absolute atomic E-state index is 0.0281. The van der Waals surface area contributed by atoms with Crippen LogP contribution < -0.4 is 5.32 Å². The molecule has 1 aromatic carbocycles.